The summed E-state index contributed by atoms with van der Waals surface area (Å²) in [6.07, 6.45) is 3.42. The Morgan fingerprint density at radius 2 is 1.67 bits per heavy atom. The van der Waals surface area contributed by atoms with Gasteiger partial charge in [0.1, 0.15) is 0 Å². The van der Waals surface area contributed by atoms with E-state index in [1.807, 2.05) is 30.3 Å². The zero-order chi connectivity index (χ0) is 15.5. The van der Waals surface area contributed by atoms with Crippen molar-refractivity contribution in [2.45, 2.75) is 12.8 Å². The van der Waals surface area contributed by atoms with Gasteiger partial charge in [-0.2, -0.15) is 0 Å². The van der Waals surface area contributed by atoms with Gasteiger partial charge in [0.15, 0.2) is 0 Å². The number of primary amides is 1. The Morgan fingerprint density at radius 3 is 2.24 bits per heavy atom. The number of benzene rings is 2. The van der Waals surface area contributed by atoms with E-state index in [2.05, 4.69) is 18.7 Å². The molecule has 0 spiro atoms. The van der Waals surface area contributed by atoms with Crippen LogP contribution in [0.4, 0.5) is 0 Å². The minimum absolute atomic E-state index is 0.382. The first kappa shape index (κ1) is 16.7. The molecule has 2 aromatic carbocycles. The molecule has 0 radical (unpaired) electrons. The number of nitrogens with two attached hydrogens (primary N) is 2. The fourth-order valence-electron chi connectivity index (χ4n) is 1.91. The van der Waals surface area contributed by atoms with Crippen LogP contribution in [0.25, 0.3) is 0 Å². The van der Waals surface area contributed by atoms with Gasteiger partial charge in [0.05, 0.1) is 0 Å². The number of carbonyl (C=O) groups is 1. The average Bonchev–Trinajstić information content (AvgIpc) is 2.50. The Hall–Kier alpha value is -2.39. The van der Waals surface area contributed by atoms with Crippen molar-refractivity contribution in [2.75, 3.05) is 6.54 Å². The highest BCUT2D eigenvalue weighted by Gasteiger charge is 2.04. The Balaban J connectivity index is 0.000000219. The summed E-state index contributed by atoms with van der Waals surface area (Å²) in [6.45, 7) is 4.34. The molecule has 2 rings (SSSR count). The Bertz CT molecular complexity index is 564. The molecule has 110 valence electrons. The maximum atomic E-state index is 10.9. The molecular weight excluding hydrogens is 260 g/mol. The van der Waals surface area contributed by atoms with E-state index in [0.29, 0.717) is 12.0 Å². The second-order valence-electron chi connectivity index (χ2n) is 4.54. The second kappa shape index (κ2) is 9.50. The molecule has 0 saturated carbocycles. The second-order valence-corrected chi connectivity index (χ2v) is 4.54. The lowest BCUT2D eigenvalue weighted by molar-refractivity contribution is 0.0999. The summed E-state index contributed by atoms with van der Waals surface area (Å²) >= 11 is 0. The van der Waals surface area contributed by atoms with Gasteiger partial charge in [-0.3, -0.25) is 4.79 Å². The molecule has 0 unspecified atom stereocenters. The van der Waals surface area contributed by atoms with Gasteiger partial charge >= 0.3 is 0 Å². The molecule has 4 N–H and O–H groups in total. The first-order chi connectivity index (χ1) is 10.2. The van der Waals surface area contributed by atoms with Crippen LogP contribution in [0.15, 0.2) is 67.3 Å². The van der Waals surface area contributed by atoms with Gasteiger partial charge in [0, 0.05) is 5.56 Å². The zero-order valence-electron chi connectivity index (χ0n) is 12.2. The summed E-state index contributed by atoms with van der Waals surface area (Å²) in [4.78, 5) is 10.9. The topological polar surface area (TPSA) is 69.1 Å². The molecule has 0 fully saturated rings. The van der Waals surface area contributed by atoms with Gasteiger partial charge in [-0.1, -0.05) is 54.6 Å². The minimum Gasteiger partial charge on any atom is -0.366 e. The van der Waals surface area contributed by atoms with Crippen molar-refractivity contribution in [1.29, 1.82) is 0 Å². The Morgan fingerprint density at radius 1 is 1.05 bits per heavy atom. The Labute approximate surface area is 126 Å². The molecular formula is C18H22N2O. The highest BCUT2D eigenvalue weighted by Crippen LogP contribution is 2.08. The SMILES string of the molecule is C=CCc1ccccc1C(N)=O.NCCc1ccccc1. The van der Waals surface area contributed by atoms with Crippen molar-refractivity contribution in [3.63, 3.8) is 0 Å². The monoisotopic (exact) mass is 282 g/mol. The van der Waals surface area contributed by atoms with Crippen LogP contribution in [0.2, 0.25) is 0 Å². The van der Waals surface area contributed by atoms with E-state index >= 15 is 0 Å². The first-order valence-electron chi connectivity index (χ1n) is 6.91. The number of amides is 1. The third kappa shape index (κ3) is 6.06. The van der Waals surface area contributed by atoms with Crippen LogP contribution in [0.1, 0.15) is 21.5 Å². The summed E-state index contributed by atoms with van der Waals surface area (Å²) in [5.74, 6) is -0.382. The predicted octanol–water partition coefficient (Wildman–Crippen LogP) is 2.70. The largest absolute Gasteiger partial charge is 0.366 e. The maximum absolute atomic E-state index is 10.9. The molecule has 2 aromatic rings. The standard InChI is InChI=1S/C10H11NO.C8H11N/c1-2-5-8-6-3-4-7-9(8)10(11)12;9-7-6-8-4-2-1-3-5-8/h2-4,6-7H,1,5H2,(H2,11,12);1-5H,6-7,9H2. The molecule has 0 aromatic heterocycles. The molecule has 21 heavy (non-hydrogen) atoms. The summed E-state index contributed by atoms with van der Waals surface area (Å²) in [7, 11) is 0. The van der Waals surface area contributed by atoms with Gasteiger partial charge in [-0.05, 0) is 36.6 Å². The van der Waals surface area contributed by atoms with Gasteiger partial charge in [-0.15, -0.1) is 6.58 Å². The number of hydrogen-bond acceptors (Lipinski definition) is 2. The molecule has 0 saturated heterocycles. The third-order valence-corrected chi connectivity index (χ3v) is 2.92. The molecule has 1 amide bonds. The van der Waals surface area contributed by atoms with Crippen molar-refractivity contribution in [3.05, 3.63) is 83.9 Å². The van der Waals surface area contributed by atoms with Crippen molar-refractivity contribution in [2.24, 2.45) is 11.5 Å². The van der Waals surface area contributed by atoms with Crippen molar-refractivity contribution in [3.8, 4) is 0 Å². The summed E-state index contributed by atoms with van der Waals surface area (Å²) < 4.78 is 0. The first-order valence-corrected chi connectivity index (χ1v) is 6.91. The van der Waals surface area contributed by atoms with Crippen molar-refractivity contribution in [1.82, 2.24) is 0 Å². The van der Waals surface area contributed by atoms with E-state index in [-0.39, 0.29) is 5.91 Å². The van der Waals surface area contributed by atoms with Crippen LogP contribution in [-0.4, -0.2) is 12.5 Å². The predicted molar refractivity (Wildman–Crippen MR) is 88.1 cm³/mol. The van der Waals surface area contributed by atoms with E-state index < -0.39 is 0 Å². The van der Waals surface area contributed by atoms with Crippen LogP contribution >= 0.6 is 0 Å². The summed E-state index contributed by atoms with van der Waals surface area (Å²) in [6, 6.07) is 17.5. The fourth-order valence-corrected chi connectivity index (χ4v) is 1.91. The fraction of sp³-hybridized carbons (Fsp3) is 0.167. The lowest BCUT2D eigenvalue weighted by atomic mass is 10.0. The minimum atomic E-state index is -0.382. The molecule has 3 nitrogen and oxygen atoms in total. The average molecular weight is 282 g/mol. The lowest BCUT2D eigenvalue weighted by Gasteiger charge is -2.01. The molecule has 0 aliphatic rings. The van der Waals surface area contributed by atoms with Crippen LogP contribution < -0.4 is 11.5 Å². The molecule has 0 heterocycles. The van der Waals surface area contributed by atoms with E-state index in [1.54, 1.807) is 18.2 Å². The van der Waals surface area contributed by atoms with Gasteiger partial charge < -0.3 is 11.5 Å². The maximum Gasteiger partial charge on any atom is 0.248 e. The summed E-state index contributed by atoms with van der Waals surface area (Å²) in [5, 5.41) is 0. The van der Waals surface area contributed by atoms with E-state index in [0.717, 1.165) is 18.5 Å². The van der Waals surface area contributed by atoms with Gasteiger partial charge in [-0.25, -0.2) is 0 Å². The van der Waals surface area contributed by atoms with Gasteiger partial charge in [0.2, 0.25) is 5.91 Å². The molecule has 0 atom stereocenters. The molecule has 0 aliphatic heterocycles. The molecule has 0 bridgehead atoms. The van der Waals surface area contributed by atoms with Gasteiger partial charge in [0.25, 0.3) is 0 Å². The van der Waals surface area contributed by atoms with E-state index in [9.17, 15) is 4.79 Å². The summed E-state index contributed by atoms with van der Waals surface area (Å²) in [5.41, 5.74) is 13.4. The highest BCUT2D eigenvalue weighted by atomic mass is 16.1. The third-order valence-electron chi connectivity index (χ3n) is 2.92. The molecule has 3 heteroatoms. The van der Waals surface area contributed by atoms with Crippen molar-refractivity contribution >= 4 is 5.91 Å². The zero-order valence-corrected chi connectivity index (χ0v) is 12.2. The van der Waals surface area contributed by atoms with Crippen LogP contribution in [-0.2, 0) is 12.8 Å². The number of allylic oxidation sites excluding steroid dienone is 1. The van der Waals surface area contributed by atoms with E-state index in [4.69, 9.17) is 11.5 Å². The van der Waals surface area contributed by atoms with E-state index in [1.165, 1.54) is 5.56 Å². The lowest BCUT2D eigenvalue weighted by Crippen LogP contribution is -2.13. The number of hydrogen-bond donors (Lipinski definition) is 2. The highest BCUT2D eigenvalue weighted by molar-refractivity contribution is 5.94. The van der Waals surface area contributed by atoms with Crippen LogP contribution in [0, 0.1) is 0 Å². The molecule has 0 aliphatic carbocycles. The normalized spacial score (nSPS) is 9.38. The quantitative estimate of drug-likeness (QED) is 0.828. The van der Waals surface area contributed by atoms with Crippen molar-refractivity contribution < 1.29 is 4.79 Å². The smallest absolute Gasteiger partial charge is 0.248 e. The number of rotatable bonds is 5. The van der Waals surface area contributed by atoms with Crippen LogP contribution in [0.5, 0.6) is 0 Å². The number of carbonyl (C=O) groups excluding carboxylic acids is 1. The Kier molecular flexibility index (Phi) is 7.54. The van der Waals surface area contributed by atoms with Crippen LogP contribution in [0.3, 0.4) is 0 Å².